The lowest BCUT2D eigenvalue weighted by molar-refractivity contribution is -0.141. The highest BCUT2D eigenvalue weighted by Gasteiger charge is 2.20. The molecule has 19 heavy (non-hydrogen) atoms. The van der Waals surface area contributed by atoms with Gasteiger partial charge in [0.25, 0.3) is 0 Å². The average Bonchev–Trinajstić information content (AvgIpc) is 2.40. The Labute approximate surface area is 115 Å². The maximum atomic E-state index is 11.9. The highest BCUT2D eigenvalue weighted by molar-refractivity contribution is 5.96. The largest absolute Gasteiger partial charge is 0.463 e. The van der Waals surface area contributed by atoms with Crippen molar-refractivity contribution in [1.29, 1.82) is 0 Å². The van der Waals surface area contributed by atoms with Gasteiger partial charge in [0.05, 0.1) is 13.2 Å². The summed E-state index contributed by atoms with van der Waals surface area (Å²) in [5.74, 6) is -0.360. The number of hydrogen-bond acceptors (Lipinski definition) is 4. The minimum atomic E-state index is -0.457. The van der Waals surface area contributed by atoms with Gasteiger partial charge in [-0.25, -0.2) is 9.59 Å². The fraction of sp³-hybridized carbons (Fsp3) is 0.733. The lowest BCUT2D eigenvalue weighted by atomic mass is 9.84. The number of hydrogen-bond donors (Lipinski definition) is 0. The van der Waals surface area contributed by atoms with Gasteiger partial charge >= 0.3 is 11.9 Å². The zero-order valence-electron chi connectivity index (χ0n) is 11.9. The number of carbonyl (C=O) groups excluding carboxylic acids is 2. The monoisotopic (exact) mass is 268 g/mol. The Balaban J connectivity index is 2.67. The van der Waals surface area contributed by atoms with Gasteiger partial charge in [0, 0.05) is 11.6 Å². The molecule has 0 N–H and O–H groups in total. The number of ether oxygens (including phenoxy) is 2. The van der Waals surface area contributed by atoms with Crippen molar-refractivity contribution in [3.05, 3.63) is 11.6 Å². The second-order valence-corrected chi connectivity index (χ2v) is 4.85. The maximum Gasteiger partial charge on any atom is 0.334 e. The molecule has 0 aliphatic heterocycles. The van der Waals surface area contributed by atoms with Crippen LogP contribution in [-0.2, 0) is 19.1 Å². The summed E-state index contributed by atoms with van der Waals surface area (Å²) >= 11 is 0. The van der Waals surface area contributed by atoms with Crippen LogP contribution in [0.3, 0.4) is 0 Å². The average molecular weight is 268 g/mol. The molecule has 0 bridgehead atoms. The minimum absolute atomic E-state index is 0.314. The van der Waals surface area contributed by atoms with Crippen LogP contribution in [0.4, 0.5) is 0 Å². The highest BCUT2D eigenvalue weighted by Crippen LogP contribution is 2.29. The van der Waals surface area contributed by atoms with E-state index < -0.39 is 5.97 Å². The second-order valence-electron chi connectivity index (χ2n) is 4.85. The van der Waals surface area contributed by atoms with Crippen molar-refractivity contribution in [2.24, 2.45) is 5.92 Å². The molecule has 0 aromatic rings. The summed E-state index contributed by atoms with van der Waals surface area (Å²) in [6.07, 6.45) is 7.86. The molecular weight excluding hydrogens is 244 g/mol. The zero-order chi connectivity index (χ0) is 14.1. The lowest BCUT2D eigenvalue weighted by Gasteiger charge is -2.22. The van der Waals surface area contributed by atoms with E-state index >= 15 is 0 Å². The molecule has 1 rings (SSSR count). The lowest BCUT2D eigenvalue weighted by Crippen LogP contribution is -2.16. The number of esters is 2. The standard InChI is InChI=1S/C15H24O4/c1-3-18-14(16)11-13(15(17)19-4-2)10-12-8-6-5-7-9-12/h11-12H,3-10H2,1-2H3/b13-11+. The topological polar surface area (TPSA) is 52.6 Å². The van der Waals surface area contributed by atoms with Crippen LogP contribution in [0.1, 0.15) is 52.4 Å². The van der Waals surface area contributed by atoms with Gasteiger partial charge in [-0.15, -0.1) is 0 Å². The molecule has 108 valence electrons. The Bertz CT molecular complexity index is 327. The Morgan fingerprint density at radius 3 is 2.26 bits per heavy atom. The Morgan fingerprint density at radius 2 is 1.68 bits per heavy atom. The molecule has 1 fully saturated rings. The first kappa shape index (κ1) is 15.7. The predicted molar refractivity (Wildman–Crippen MR) is 72.5 cm³/mol. The van der Waals surface area contributed by atoms with Crippen molar-refractivity contribution in [2.75, 3.05) is 13.2 Å². The molecule has 0 heterocycles. The first-order chi connectivity index (χ1) is 9.17. The summed E-state index contributed by atoms with van der Waals surface area (Å²) < 4.78 is 9.88. The molecule has 4 nitrogen and oxygen atoms in total. The normalized spacial score (nSPS) is 17.1. The van der Waals surface area contributed by atoms with Gasteiger partial charge in [0.1, 0.15) is 0 Å². The van der Waals surface area contributed by atoms with Gasteiger partial charge < -0.3 is 9.47 Å². The summed E-state index contributed by atoms with van der Waals surface area (Å²) in [6, 6.07) is 0. The molecule has 1 saturated carbocycles. The van der Waals surface area contributed by atoms with Gasteiger partial charge in [0.2, 0.25) is 0 Å². The van der Waals surface area contributed by atoms with E-state index in [0.29, 0.717) is 31.1 Å². The van der Waals surface area contributed by atoms with Crippen LogP contribution < -0.4 is 0 Å². The smallest absolute Gasteiger partial charge is 0.334 e. The van der Waals surface area contributed by atoms with Crippen LogP contribution in [0, 0.1) is 5.92 Å². The summed E-state index contributed by atoms with van der Waals surface area (Å²) in [4.78, 5) is 23.4. The Morgan fingerprint density at radius 1 is 1.05 bits per heavy atom. The van der Waals surface area contributed by atoms with Gasteiger partial charge in [-0.05, 0) is 26.2 Å². The third kappa shape index (κ3) is 5.90. The van der Waals surface area contributed by atoms with Crippen LogP contribution in [0.5, 0.6) is 0 Å². The van der Waals surface area contributed by atoms with Crippen LogP contribution in [-0.4, -0.2) is 25.2 Å². The molecule has 0 radical (unpaired) electrons. The van der Waals surface area contributed by atoms with E-state index in [-0.39, 0.29) is 5.97 Å². The van der Waals surface area contributed by atoms with Crippen LogP contribution in [0.2, 0.25) is 0 Å². The van der Waals surface area contributed by atoms with Crippen molar-refractivity contribution in [2.45, 2.75) is 52.4 Å². The third-order valence-electron chi connectivity index (χ3n) is 3.35. The molecule has 1 aliphatic rings. The molecule has 4 heteroatoms. The third-order valence-corrected chi connectivity index (χ3v) is 3.35. The van der Waals surface area contributed by atoms with E-state index in [9.17, 15) is 9.59 Å². The van der Waals surface area contributed by atoms with Gasteiger partial charge in [-0.2, -0.15) is 0 Å². The Kier molecular flexibility index (Phi) is 7.23. The highest BCUT2D eigenvalue weighted by atomic mass is 16.5. The minimum Gasteiger partial charge on any atom is -0.463 e. The van der Waals surface area contributed by atoms with E-state index in [4.69, 9.17) is 9.47 Å². The number of rotatable bonds is 6. The molecule has 1 aliphatic carbocycles. The Hall–Kier alpha value is -1.32. The first-order valence-electron chi connectivity index (χ1n) is 7.21. The number of carbonyl (C=O) groups is 2. The van der Waals surface area contributed by atoms with Crippen molar-refractivity contribution >= 4 is 11.9 Å². The van der Waals surface area contributed by atoms with Gasteiger partial charge in [-0.3, -0.25) is 0 Å². The van der Waals surface area contributed by atoms with Gasteiger partial charge in [0.15, 0.2) is 0 Å². The van der Waals surface area contributed by atoms with E-state index in [1.165, 1.54) is 25.3 Å². The summed E-state index contributed by atoms with van der Waals surface area (Å²) in [6.45, 7) is 4.15. The second kappa shape index (κ2) is 8.73. The van der Waals surface area contributed by atoms with E-state index in [0.717, 1.165) is 12.8 Å². The molecule has 0 spiro atoms. The fourth-order valence-electron chi connectivity index (χ4n) is 2.45. The molecule has 0 aromatic heterocycles. The van der Waals surface area contributed by atoms with Crippen molar-refractivity contribution in [1.82, 2.24) is 0 Å². The maximum absolute atomic E-state index is 11.9. The molecule has 0 saturated heterocycles. The molecular formula is C15H24O4. The fourth-order valence-corrected chi connectivity index (χ4v) is 2.45. The van der Waals surface area contributed by atoms with Crippen molar-refractivity contribution in [3.63, 3.8) is 0 Å². The first-order valence-corrected chi connectivity index (χ1v) is 7.21. The van der Waals surface area contributed by atoms with E-state index in [1.54, 1.807) is 13.8 Å². The molecule has 0 unspecified atom stereocenters. The quantitative estimate of drug-likeness (QED) is 0.549. The van der Waals surface area contributed by atoms with Crippen LogP contribution in [0.15, 0.2) is 11.6 Å². The van der Waals surface area contributed by atoms with Crippen molar-refractivity contribution < 1.29 is 19.1 Å². The van der Waals surface area contributed by atoms with Crippen LogP contribution >= 0.6 is 0 Å². The van der Waals surface area contributed by atoms with E-state index in [1.807, 2.05) is 0 Å². The molecule has 0 atom stereocenters. The summed E-state index contributed by atoms with van der Waals surface area (Å²) in [5, 5.41) is 0. The van der Waals surface area contributed by atoms with Crippen LogP contribution in [0.25, 0.3) is 0 Å². The predicted octanol–water partition coefficient (Wildman–Crippen LogP) is 3.01. The summed E-state index contributed by atoms with van der Waals surface area (Å²) in [5.41, 5.74) is 0.451. The van der Waals surface area contributed by atoms with Crippen molar-refractivity contribution in [3.8, 4) is 0 Å². The summed E-state index contributed by atoms with van der Waals surface area (Å²) in [7, 11) is 0. The van der Waals surface area contributed by atoms with Gasteiger partial charge in [-0.1, -0.05) is 32.1 Å². The van der Waals surface area contributed by atoms with E-state index in [2.05, 4.69) is 0 Å². The zero-order valence-corrected chi connectivity index (χ0v) is 11.9. The molecule has 0 amide bonds. The molecule has 0 aromatic carbocycles. The SMILES string of the molecule is CCOC(=O)/C=C(\CC1CCCCC1)C(=O)OCC.